The fourth-order valence-electron chi connectivity index (χ4n) is 2.98. The highest BCUT2D eigenvalue weighted by Crippen LogP contribution is 2.30. The van der Waals surface area contributed by atoms with Crippen molar-refractivity contribution < 1.29 is 9.90 Å². The fraction of sp³-hybridized carbons (Fsp3) is 0.529. The van der Waals surface area contributed by atoms with E-state index >= 15 is 0 Å². The summed E-state index contributed by atoms with van der Waals surface area (Å²) in [5.74, 6) is 1.42. The Morgan fingerprint density at radius 3 is 2.88 bits per heavy atom. The van der Waals surface area contributed by atoms with Gasteiger partial charge in [0, 0.05) is 25.7 Å². The molecule has 1 atom stereocenters. The van der Waals surface area contributed by atoms with E-state index in [1.54, 1.807) is 6.20 Å². The first-order valence-electron chi connectivity index (χ1n) is 8.58. The monoisotopic (exact) mass is 361 g/mol. The summed E-state index contributed by atoms with van der Waals surface area (Å²) in [4.78, 5) is 22.8. The second-order valence-corrected chi connectivity index (χ2v) is 7.07. The van der Waals surface area contributed by atoms with Gasteiger partial charge in [-0.25, -0.2) is 4.98 Å². The van der Waals surface area contributed by atoms with E-state index in [0.29, 0.717) is 29.7 Å². The highest BCUT2D eigenvalue weighted by molar-refractivity contribution is 7.99. The van der Waals surface area contributed by atoms with E-state index in [-0.39, 0.29) is 11.8 Å². The zero-order valence-electron chi connectivity index (χ0n) is 14.3. The smallest absolute Gasteiger partial charge is 0.233 e. The zero-order chi connectivity index (χ0) is 17.6. The van der Waals surface area contributed by atoms with Crippen LogP contribution in [0.1, 0.15) is 37.4 Å². The van der Waals surface area contributed by atoms with Gasteiger partial charge in [0.05, 0.1) is 17.6 Å². The molecular weight excluding hydrogens is 338 g/mol. The topological polar surface area (TPSA) is 95.0 Å². The lowest BCUT2D eigenvalue weighted by molar-refractivity contribution is -0.130. The van der Waals surface area contributed by atoms with Gasteiger partial charge in [0.2, 0.25) is 11.1 Å². The maximum absolute atomic E-state index is 12.4. The molecule has 0 bridgehead atoms. The van der Waals surface area contributed by atoms with Crippen LogP contribution in [0.5, 0.6) is 0 Å². The summed E-state index contributed by atoms with van der Waals surface area (Å²) in [5, 5.41) is 18.0. The number of carbonyl (C=O) groups is 1. The molecule has 3 rings (SSSR count). The van der Waals surface area contributed by atoms with Crippen LogP contribution in [-0.4, -0.2) is 54.9 Å². The molecule has 0 aromatic carbocycles. The number of likely N-dealkylation sites (tertiary alicyclic amines) is 1. The van der Waals surface area contributed by atoms with Crippen LogP contribution in [-0.2, 0) is 11.2 Å². The quantitative estimate of drug-likeness (QED) is 0.762. The Morgan fingerprint density at radius 1 is 1.44 bits per heavy atom. The molecule has 2 aromatic heterocycles. The summed E-state index contributed by atoms with van der Waals surface area (Å²) in [6.07, 6.45) is 3.51. The molecule has 0 saturated carbocycles. The summed E-state index contributed by atoms with van der Waals surface area (Å²) >= 11 is 1.36. The second kappa shape index (κ2) is 8.44. The lowest BCUT2D eigenvalue weighted by Gasteiger charge is -2.34. The third-order valence-corrected chi connectivity index (χ3v) is 5.33. The van der Waals surface area contributed by atoms with Crippen molar-refractivity contribution in [3.05, 3.63) is 35.9 Å². The highest BCUT2D eigenvalue weighted by Gasteiger charge is 2.28. The van der Waals surface area contributed by atoms with Crippen molar-refractivity contribution in [3.63, 3.8) is 0 Å². The Balaban J connectivity index is 1.46. The molecule has 7 nitrogen and oxygen atoms in total. The number of aromatic amines is 1. The van der Waals surface area contributed by atoms with Crippen LogP contribution in [0.3, 0.4) is 0 Å². The molecule has 0 spiro atoms. The minimum atomic E-state index is -0.562. The van der Waals surface area contributed by atoms with Crippen LogP contribution in [0.15, 0.2) is 29.6 Å². The third-order valence-electron chi connectivity index (χ3n) is 4.50. The van der Waals surface area contributed by atoms with Gasteiger partial charge in [-0.15, -0.1) is 5.10 Å². The number of hydrogen-bond acceptors (Lipinski definition) is 6. The van der Waals surface area contributed by atoms with Gasteiger partial charge in [0.1, 0.15) is 5.82 Å². The van der Waals surface area contributed by atoms with Crippen molar-refractivity contribution >= 4 is 17.7 Å². The molecule has 1 fully saturated rings. The second-order valence-electron chi connectivity index (χ2n) is 6.12. The first-order chi connectivity index (χ1) is 12.2. The summed E-state index contributed by atoms with van der Waals surface area (Å²) in [7, 11) is 0. The Kier molecular flexibility index (Phi) is 6.04. The number of nitrogens with one attached hydrogen (secondary N) is 1. The van der Waals surface area contributed by atoms with E-state index in [9.17, 15) is 9.90 Å². The average molecular weight is 361 g/mol. The standard InChI is InChI=1S/C17H23N5O2S/c1-2-14-19-17(21-20-14)25-11-15(23)22-9-6-12(7-10-22)16(24)13-5-3-4-8-18-13/h3-5,8,12,16,24H,2,6-7,9-11H2,1H3,(H,19,20,21)/t16-/m1/s1. The number of piperidine rings is 1. The molecule has 2 N–H and O–H groups in total. The summed E-state index contributed by atoms with van der Waals surface area (Å²) in [5.41, 5.74) is 0.708. The van der Waals surface area contributed by atoms with Crippen LogP contribution in [0.25, 0.3) is 0 Å². The molecule has 1 amide bonds. The Hall–Kier alpha value is -1.93. The van der Waals surface area contributed by atoms with Crippen molar-refractivity contribution in [3.8, 4) is 0 Å². The van der Waals surface area contributed by atoms with E-state index in [1.165, 1.54) is 11.8 Å². The number of nitrogens with zero attached hydrogens (tertiary/aromatic N) is 4. The van der Waals surface area contributed by atoms with Crippen LogP contribution in [0.4, 0.5) is 0 Å². The molecule has 3 heterocycles. The Labute approximate surface area is 151 Å². The number of pyridine rings is 1. The van der Waals surface area contributed by atoms with Gasteiger partial charge >= 0.3 is 0 Å². The predicted octanol–water partition coefficient (Wildman–Crippen LogP) is 1.83. The number of aryl methyl sites for hydroxylation is 1. The molecule has 1 aliphatic heterocycles. The largest absolute Gasteiger partial charge is 0.387 e. The minimum Gasteiger partial charge on any atom is -0.387 e. The van der Waals surface area contributed by atoms with E-state index in [2.05, 4.69) is 20.2 Å². The summed E-state index contributed by atoms with van der Waals surface area (Å²) in [6.45, 7) is 3.34. The molecule has 1 aliphatic rings. The van der Waals surface area contributed by atoms with Gasteiger partial charge in [-0.1, -0.05) is 24.8 Å². The van der Waals surface area contributed by atoms with Crippen molar-refractivity contribution in [1.29, 1.82) is 0 Å². The zero-order valence-corrected chi connectivity index (χ0v) is 15.1. The molecule has 2 aromatic rings. The summed E-state index contributed by atoms with van der Waals surface area (Å²) < 4.78 is 0. The SMILES string of the molecule is CCc1nc(SCC(=O)N2CCC([C@@H](O)c3ccccn3)CC2)n[nH]1. The van der Waals surface area contributed by atoms with Crippen molar-refractivity contribution in [2.45, 2.75) is 37.4 Å². The minimum absolute atomic E-state index is 0.0959. The van der Waals surface area contributed by atoms with Crippen molar-refractivity contribution in [1.82, 2.24) is 25.1 Å². The number of carbonyl (C=O) groups excluding carboxylic acids is 1. The first kappa shape index (κ1) is 17.9. The van der Waals surface area contributed by atoms with Gasteiger partial charge in [0.15, 0.2) is 0 Å². The maximum atomic E-state index is 12.4. The number of H-pyrrole nitrogens is 1. The molecule has 0 radical (unpaired) electrons. The number of thioether (sulfide) groups is 1. The molecular formula is C17H23N5O2S. The van der Waals surface area contributed by atoms with E-state index in [4.69, 9.17) is 0 Å². The van der Waals surface area contributed by atoms with E-state index in [0.717, 1.165) is 25.1 Å². The number of aromatic nitrogens is 4. The lowest BCUT2D eigenvalue weighted by Crippen LogP contribution is -2.40. The molecule has 0 aliphatic carbocycles. The van der Waals surface area contributed by atoms with Gasteiger partial charge in [-0.3, -0.25) is 14.9 Å². The number of amides is 1. The van der Waals surface area contributed by atoms with Gasteiger partial charge in [0.25, 0.3) is 0 Å². The Bertz CT molecular complexity index is 685. The van der Waals surface area contributed by atoms with Crippen LogP contribution in [0, 0.1) is 5.92 Å². The number of rotatable bonds is 6. The van der Waals surface area contributed by atoms with Crippen LogP contribution < -0.4 is 0 Å². The molecule has 8 heteroatoms. The van der Waals surface area contributed by atoms with Crippen molar-refractivity contribution in [2.24, 2.45) is 5.92 Å². The summed E-state index contributed by atoms with van der Waals surface area (Å²) in [6, 6.07) is 5.57. The number of aliphatic hydroxyl groups excluding tert-OH is 1. The number of aliphatic hydroxyl groups is 1. The molecule has 1 saturated heterocycles. The molecule has 0 unspecified atom stereocenters. The van der Waals surface area contributed by atoms with Crippen molar-refractivity contribution in [2.75, 3.05) is 18.8 Å². The average Bonchev–Trinajstić information content (AvgIpc) is 3.14. The third kappa shape index (κ3) is 4.58. The van der Waals surface area contributed by atoms with E-state index < -0.39 is 6.10 Å². The van der Waals surface area contributed by atoms with E-state index in [1.807, 2.05) is 30.0 Å². The maximum Gasteiger partial charge on any atom is 0.233 e. The molecule has 134 valence electrons. The van der Waals surface area contributed by atoms with Gasteiger partial charge < -0.3 is 10.0 Å². The predicted molar refractivity (Wildman–Crippen MR) is 95.0 cm³/mol. The first-order valence-corrected chi connectivity index (χ1v) is 9.56. The lowest BCUT2D eigenvalue weighted by atomic mass is 9.89. The highest BCUT2D eigenvalue weighted by atomic mass is 32.2. The van der Waals surface area contributed by atoms with Gasteiger partial charge in [-0.2, -0.15) is 0 Å². The number of hydrogen-bond donors (Lipinski definition) is 2. The van der Waals surface area contributed by atoms with Crippen LogP contribution >= 0.6 is 11.8 Å². The molecule has 25 heavy (non-hydrogen) atoms. The Morgan fingerprint density at radius 2 is 2.24 bits per heavy atom. The fourth-order valence-corrected chi connectivity index (χ4v) is 3.70. The van der Waals surface area contributed by atoms with Crippen LogP contribution in [0.2, 0.25) is 0 Å². The van der Waals surface area contributed by atoms with Gasteiger partial charge in [-0.05, 0) is 30.9 Å². The normalized spacial score (nSPS) is 16.8.